The van der Waals surface area contributed by atoms with Crippen molar-refractivity contribution in [1.29, 1.82) is 0 Å². The van der Waals surface area contributed by atoms with Gasteiger partial charge in [-0.1, -0.05) is 50.7 Å². The molecule has 1 fully saturated rings. The van der Waals surface area contributed by atoms with Gasteiger partial charge in [0.25, 0.3) is 5.24 Å². The van der Waals surface area contributed by atoms with Gasteiger partial charge in [-0.25, -0.2) is 0 Å². The summed E-state index contributed by atoms with van der Waals surface area (Å²) in [4.78, 5) is 29.1. The Bertz CT molecular complexity index is 687. The van der Waals surface area contributed by atoms with Crippen LogP contribution in [0.5, 0.6) is 5.75 Å². The average molecular weight is 406 g/mol. The first kappa shape index (κ1) is 23.8. The van der Waals surface area contributed by atoms with E-state index in [-0.39, 0.29) is 16.4 Å². The fraction of sp³-hybridized carbons (Fsp3) is 0.476. The maximum Gasteiger partial charge on any atom is 0.286 e. The van der Waals surface area contributed by atoms with Crippen LogP contribution in [0.4, 0.5) is 4.79 Å². The van der Waals surface area contributed by atoms with E-state index in [1.165, 1.54) is 0 Å². The number of thioether (sulfide) groups is 1. The third kappa shape index (κ3) is 7.76. The molecule has 1 atom stereocenters. The van der Waals surface area contributed by atoms with E-state index in [2.05, 4.69) is 23.3 Å². The SMILES string of the molecule is CC.CC/C=C\C(=NC)N(C)CCOc1ccc(CC2SC(=O)NC2=O)cc1. The minimum Gasteiger partial charge on any atom is -0.492 e. The number of hydrogen-bond acceptors (Lipinski definition) is 5. The Kier molecular flexibility index (Phi) is 11.0. The van der Waals surface area contributed by atoms with Gasteiger partial charge in [-0.05, 0) is 36.6 Å². The van der Waals surface area contributed by atoms with E-state index in [0.717, 1.165) is 41.9 Å². The lowest BCUT2D eigenvalue weighted by molar-refractivity contribution is -0.118. The molecule has 28 heavy (non-hydrogen) atoms. The van der Waals surface area contributed by atoms with E-state index in [0.29, 0.717) is 13.0 Å². The molecule has 2 amide bonds. The predicted molar refractivity (Wildman–Crippen MR) is 117 cm³/mol. The molecule has 0 aromatic heterocycles. The predicted octanol–water partition coefficient (Wildman–Crippen LogP) is 3.91. The van der Waals surface area contributed by atoms with Crippen molar-refractivity contribution in [3.63, 3.8) is 0 Å². The molecular formula is C21H31N3O3S. The number of carbonyl (C=O) groups excluding carboxylic acids is 2. The van der Waals surface area contributed by atoms with Crippen LogP contribution in [0.3, 0.4) is 0 Å². The highest BCUT2D eigenvalue weighted by Gasteiger charge is 2.31. The van der Waals surface area contributed by atoms with Gasteiger partial charge >= 0.3 is 0 Å². The van der Waals surface area contributed by atoms with Crippen molar-refractivity contribution >= 4 is 28.7 Å². The smallest absolute Gasteiger partial charge is 0.286 e. The van der Waals surface area contributed by atoms with Crippen LogP contribution in [0.25, 0.3) is 0 Å². The number of ether oxygens (including phenoxy) is 1. The Morgan fingerprint density at radius 2 is 1.96 bits per heavy atom. The molecule has 1 aliphatic heterocycles. The number of amides is 2. The molecule has 2 rings (SSSR count). The van der Waals surface area contributed by atoms with Crippen LogP contribution in [-0.4, -0.2) is 54.4 Å². The van der Waals surface area contributed by atoms with E-state index in [1.807, 2.05) is 56.1 Å². The lowest BCUT2D eigenvalue weighted by Crippen LogP contribution is -2.29. The number of imide groups is 1. The number of carbonyl (C=O) groups is 2. The van der Waals surface area contributed by atoms with E-state index in [1.54, 1.807) is 7.05 Å². The van der Waals surface area contributed by atoms with Crippen molar-refractivity contribution in [1.82, 2.24) is 10.2 Å². The largest absolute Gasteiger partial charge is 0.492 e. The van der Waals surface area contributed by atoms with Crippen LogP contribution in [0.1, 0.15) is 32.8 Å². The Balaban J connectivity index is 0.00000190. The molecule has 0 saturated carbocycles. The summed E-state index contributed by atoms with van der Waals surface area (Å²) in [5, 5.41) is 1.69. The lowest BCUT2D eigenvalue weighted by atomic mass is 10.1. The van der Waals surface area contributed by atoms with E-state index in [4.69, 9.17) is 4.74 Å². The lowest BCUT2D eigenvalue weighted by Gasteiger charge is -2.19. The number of nitrogens with one attached hydrogen (secondary N) is 1. The van der Waals surface area contributed by atoms with Gasteiger partial charge < -0.3 is 9.64 Å². The summed E-state index contributed by atoms with van der Waals surface area (Å²) in [7, 11) is 3.77. The van der Waals surface area contributed by atoms with Crippen molar-refractivity contribution in [3.05, 3.63) is 42.0 Å². The van der Waals surface area contributed by atoms with Gasteiger partial charge in [0.05, 0.1) is 11.8 Å². The summed E-state index contributed by atoms with van der Waals surface area (Å²) in [5.41, 5.74) is 1.00. The van der Waals surface area contributed by atoms with Crippen molar-refractivity contribution in [2.24, 2.45) is 4.99 Å². The normalized spacial score (nSPS) is 16.6. The van der Waals surface area contributed by atoms with Gasteiger partial charge in [0.2, 0.25) is 5.91 Å². The Morgan fingerprint density at radius 1 is 1.29 bits per heavy atom. The zero-order valence-electron chi connectivity index (χ0n) is 17.4. The standard InChI is InChI=1S/C19H25N3O3S.C2H6/c1-4-5-6-17(20-2)22(3)11-12-25-15-9-7-14(8-10-15)13-16-18(23)21-19(24)26-16;1-2/h5-10,16H,4,11-13H2,1-3H3,(H,21,23,24);1-2H3/b6-5-,20-17?;. The van der Waals surface area contributed by atoms with Gasteiger partial charge in [-0.2, -0.15) is 0 Å². The first-order chi connectivity index (χ1) is 13.5. The molecule has 1 unspecified atom stereocenters. The minimum atomic E-state index is -0.342. The fourth-order valence-corrected chi connectivity index (χ4v) is 3.33. The zero-order valence-corrected chi connectivity index (χ0v) is 18.2. The molecule has 0 radical (unpaired) electrons. The molecule has 0 bridgehead atoms. The van der Waals surface area contributed by atoms with Crippen molar-refractivity contribution in [2.45, 2.75) is 38.9 Å². The molecule has 1 aromatic rings. The highest BCUT2D eigenvalue weighted by Crippen LogP contribution is 2.23. The van der Waals surface area contributed by atoms with Crippen LogP contribution in [-0.2, 0) is 11.2 Å². The van der Waals surface area contributed by atoms with E-state index < -0.39 is 0 Å². The Labute approximate surface area is 172 Å². The maximum atomic E-state index is 11.6. The molecule has 154 valence electrons. The molecule has 7 heteroatoms. The third-order valence-corrected chi connectivity index (χ3v) is 4.91. The molecule has 1 N–H and O–H groups in total. The summed E-state index contributed by atoms with van der Waals surface area (Å²) in [6.45, 7) is 7.36. The highest BCUT2D eigenvalue weighted by atomic mass is 32.2. The molecule has 6 nitrogen and oxygen atoms in total. The Morgan fingerprint density at radius 3 is 2.50 bits per heavy atom. The summed E-state index contributed by atoms with van der Waals surface area (Å²) in [6, 6.07) is 7.64. The van der Waals surface area contributed by atoms with Gasteiger partial charge in [0.15, 0.2) is 0 Å². The summed E-state index contributed by atoms with van der Waals surface area (Å²) >= 11 is 1.05. The molecule has 1 heterocycles. The summed E-state index contributed by atoms with van der Waals surface area (Å²) in [5.74, 6) is 1.49. The molecule has 0 spiro atoms. The minimum absolute atomic E-state index is 0.214. The van der Waals surface area contributed by atoms with Crippen LogP contribution >= 0.6 is 11.8 Å². The first-order valence-corrected chi connectivity index (χ1v) is 10.5. The summed E-state index contributed by atoms with van der Waals surface area (Å²) < 4.78 is 5.78. The molecule has 1 aliphatic rings. The quantitative estimate of drug-likeness (QED) is 0.524. The molecule has 1 saturated heterocycles. The van der Waals surface area contributed by atoms with Crippen molar-refractivity contribution in [2.75, 3.05) is 27.2 Å². The number of likely N-dealkylation sites (N-methyl/N-ethyl adjacent to an activating group) is 1. The van der Waals surface area contributed by atoms with Gasteiger partial charge in [0.1, 0.15) is 18.2 Å². The van der Waals surface area contributed by atoms with Gasteiger partial charge in [-0.3, -0.25) is 19.9 Å². The van der Waals surface area contributed by atoms with Crippen LogP contribution < -0.4 is 10.1 Å². The number of aliphatic imine (C=N–C) groups is 1. The second-order valence-corrected chi connectivity index (χ2v) is 7.07. The summed E-state index contributed by atoms with van der Waals surface area (Å²) in [6.07, 6.45) is 5.60. The molecular weight excluding hydrogens is 374 g/mol. The number of allylic oxidation sites excluding steroid dienone is 1. The van der Waals surface area contributed by atoms with E-state index in [9.17, 15) is 9.59 Å². The topological polar surface area (TPSA) is 71.0 Å². The van der Waals surface area contributed by atoms with Crippen molar-refractivity contribution in [3.8, 4) is 5.75 Å². The zero-order chi connectivity index (χ0) is 20.9. The molecule has 0 aliphatic carbocycles. The van der Waals surface area contributed by atoms with E-state index >= 15 is 0 Å². The number of benzene rings is 1. The molecule has 1 aromatic carbocycles. The first-order valence-electron chi connectivity index (χ1n) is 9.61. The van der Waals surface area contributed by atoms with Gasteiger partial charge in [0, 0.05) is 14.1 Å². The number of hydrogen-bond donors (Lipinski definition) is 1. The number of amidine groups is 1. The highest BCUT2D eigenvalue weighted by molar-refractivity contribution is 8.15. The fourth-order valence-electron chi connectivity index (χ4n) is 2.47. The third-order valence-electron chi connectivity index (χ3n) is 3.93. The van der Waals surface area contributed by atoms with Crippen LogP contribution in [0.2, 0.25) is 0 Å². The van der Waals surface area contributed by atoms with Crippen LogP contribution in [0.15, 0.2) is 41.4 Å². The second-order valence-electron chi connectivity index (χ2n) is 5.89. The number of rotatable bonds is 8. The average Bonchev–Trinajstić information content (AvgIpc) is 3.02. The van der Waals surface area contributed by atoms with Crippen molar-refractivity contribution < 1.29 is 14.3 Å². The number of nitrogens with zero attached hydrogens (tertiary/aromatic N) is 2. The second kappa shape index (κ2) is 13.0. The van der Waals surface area contributed by atoms with Crippen LogP contribution in [0, 0.1) is 0 Å². The monoisotopic (exact) mass is 405 g/mol. The Hall–Kier alpha value is -2.28. The van der Waals surface area contributed by atoms with Gasteiger partial charge in [-0.15, -0.1) is 0 Å². The maximum absolute atomic E-state index is 11.6.